The first-order valence-electron chi connectivity index (χ1n) is 13.9. The summed E-state index contributed by atoms with van der Waals surface area (Å²) >= 11 is 1.66. The molecule has 1 amide bonds. The number of rotatable bonds is 12. The van der Waals surface area contributed by atoms with Gasteiger partial charge < -0.3 is 24.6 Å². The van der Waals surface area contributed by atoms with E-state index >= 15 is 0 Å². The van der Waals surface area contributed by atoms with Crippen molar-refractivity contribution in [3.63, 3.8) is 0 Å². The van der Waals surface area contributed by atoms with E-state index in [1.165, 1.54) is 28.2 Å². The maximum Gasteiger partial charge on any atom is 0.286 e. The second-order valence-corrected chi connectivity index (χ2v) is 13.1. The molecule has 9 nitrogen and oxygen atoms in total. The van der Waals surface area contributed by atoms with Crippen molar-refractivity contribution < 1.29 is 32.5 Å². The Balaban J connectivity index is 1.30. The highest BCUT2D eigenvalue weighted by Crippen LogP contribution is 2.38. The fraction of sp³-hybridized carbons (Fsp3) is 0.433. The smallest absolute Gasteiger partial charge is 0.286 e. The highest BCUT2D eigenvalue weighted by Gasteiger charge is 2.32. The van der Waals surface area contributed by atoms with Crippen LogP contribution in [0.25, 0.3) is 10.1 Å². The van der Waals surface area contributed by atoms with Crippen LogP contribution in [0.15, 0.2) is 70.6 Å². The van der Waals surface area contributed by atoms with Crippen molar-refractivity contribution in [3.05, 3.63) is 71.3 Å². The molecule has 220 valence electrons. The number of sulfonamides is 1. The van der Waals surface area contributed by atoms with Gasteiger partial charge in [0.1, 0.15) is 5.75 Å². The number of carbonyl (C=O) groups excluding carboxylic acids is 1. The lowest BCUT2D eigenvalue weighted by Crippen LogP contribution is -2.39. The van der Waals surface area contributed by atoms with Crippen molar-refractivity contribution in [2.45, 2.75) is 55.2 Å². The molecular weight excluding hydrogens is 564 g/mol. The van der Waals surface area contributed by atoms with Crippen LogP contribution in [0.1, 0.15) is 43.6 Å². The van der Waals surface area contributed by atoms with Crippen molar-refractivity contribution in [2.75, 3.05) is 33.4 Å². The number of ether oxygens (including phenoxy) is 3. The van der Waals surface area contributed by atoms with E-state index in [4.69, 9.17) is 14.2 Å². The molecule has 0 bridgehead atoms. The molecule has 0 unspecified atom stereocenters. The van der Waals surface area contributed by atoms with E-state index in [0.717, 1.165) is 36.6 Å². The van der Waals surface area contributed by atoms with Crippen molar-refractivity contribution in [3.8, 4) is 5.75 Å². The topological polar surface area (TPSA) is 114 Å². The van der Waals surface area contributed by atoms with Gasteiger partial charge in [0.25, 0.3) is 5.91 Å². The van der Waals surface area contributed by atoms with E-state index < -0.39 is 16.3 Å². The maximum absolute atomic E-state index is 13.3. The Labute approximate surface area is 244 Å². The van der Waals surface area contributed by atoms with Gasteiger partial charge in [0.05, 0.1) is 25.2 Å². The number of benzene rings is 2. The fourth-order valence-electron chi connectivity index (χ4n) is 5.39. The molecule has 0 spiro atoms. The molecule has 1 aliphatic carbocycles. The Morgan fingerprint density at radius 1 is 1.12 bits per heavy atom. The van der Waals surface area contributed by atoms with Gasteiger partial charge in [0.15, 0.2) is 5.76 Å². The van der Waals surface area contributed by atoms with Crippen LogP contribution < -0.4 is 10.1 Å². The van der Waals surface area contributed by atoms with Gasteiger partial charge in [-0.05, 0) is 65.6 Å². The van der Waals surface area contributed by atoms with E-state index in [0.29, 0.717) is 12.2 Å². The van der Waals surface area contributed by atoms with Crippen LogP contribution in [0.5, 0.6) is 5.75 Å². The standard InChI is InChI=1S/C30H36N2O7S2/c1-37-23-10-12-24(13-11-23)41(35,36)32(14-16-33)15-17-38-29-19-21(26-20-40-28-9-5-4-8-25(26)28)18-27(39-29)30(34)31-22-6-2-3-7-22/h4-5,8-13,18,20-22,29,33H,2-3,6-7,14-17,19H2,1H3,(H,31,34)/t21-,29+/m1/s1. The number of fused-ring (bicyclic) bond motifs is 1. The van der Waals surface area contributed by atoms with Crippen molar-refractivity contribution in [1.29, 1.82) is 0 Å². The predicted octanol–water partition coefficient (Wildman–Crippen LogP) is 4.38. The number of aliphatic hydroxyl groups excluding tert-OH is 1. The van der Waals surface area contributed by atoms with Gasteiger partial charge in [-0.15, -0.1) is 11.3 Å². The Bertz CT molecular complexity index is 1460. The third-order valence-corrected chi connectivity index (χ3v) is 10.5. The third-order valence-electron chi connectivity index (χ3n) is 7.57. The number of methoxy groups -OCH3 is 1. The summed E-state index contributed by atoms with van der Waals surface area (Å²) in [5.74, 6) is 0.417. The summed E-state index contributed by atoms with van der Waals surface area (Å²) < 4.78 is 46.1. The van der Waals surface area contributed by atoms with Crippen LogP contribution in [-0.2, 0) is 24.3 Å². The van der Waals surface area contributed by atoms with E-state index in [2.05, 4.69) is 22.8 Å². The monoisotopic (exact) mass is 600 g/mol. The fourth-order valence-corrected chi connectivity index (χ4v) is 7.83. The Hall–Kier alpha value is -2.96. The van der Waals surface area contributed by atoms with Crippen molar-refractivity contribution in [2.24, 2.45) is 0 Å². The summed E-state index contributed by atoms with van der Waals surface area (Å²) in [4.78, 5) is 13.3. The number of hydrogen-bond acceptors (Lipinski definition) is 8. The molecule has 1 fully saturated rings. The normalized spacial score (nSPS) is 19.7. The minimum absolute atomic E-state index is 0.00808. The first kappa shape index (κ1) is 29.5. The predicted molar refractivity (Wildman–Crippen MR) is 157 cm³/mol. The number of thiophene rings is 1. The maximum atomic E-state index is 13.3. The average Bonchev–Trinajstić information content (AvgIpc) is 3.67. The molecule has 3 aromatic rings. The third kappa shape index (κ3) is 6.92. The van der Waals surface area contributed by atoms with Gasteiger partial charge in [-0.25, -0.2) is 8.42 Å². The quantitative estimate of drug-likeness (QED) is 0.317. The van der Waals surface area contributed by atoms with E-state index in [-0.39, 0.29) is 54.8 Å². The lowest BCUT2D eigenvalue weighted by molar-refractivity contribution is -0.146. The number of nitrogens with one attached hydrogen (secondary N) is 1. The van der Waals surface area contributed by atoms with Gasteiger partial charge in [-0.1, -0.05) is 31.0 Å². The largest absolute Gasteiger partial charge is 0.497 e. The zero-order valence-corrected chi connectivity index (χ0v) is 24.7. The molecule has 1 aliphatic heterocycles. The van der Waals surface area contributed by atoms with Crippen LogP contribution in [0.3, 0.4) is 0 Å². The van der Waals surface area contributed by atoms with Gasteiger partial charge in [-0.2, -0.15) is 4.31 Å². The average molecular weight is 601 g/mol. The molecule has 5 rings (SSSR count). The molecule has 1 saturated carbocycles. The van der Waals surface area contributed by atoms with Crippen molar-refractivity contribution >= 4 is 37.4 Å². The minimum atomic E-state index is -3.88. The summed E-state index contributed by atoms with van der Waals surface area (Å²) in [6.07, 6.45) is 5.74. The minimum Gasteiger partial charge on any atom is -0.497 e. The van der Waals surface area contributed by atoms with Crippen LogP contribution in [0.2, 0.25) is 0 Å². The number of amides is 1. The Morgan fingerprint density at radius 3 is 2.61 bits per heavy atom. The Kier molecular flexibility index (Phi) is 9.61. The zero-order valence-electron chi connectivity index (χ0n) is 23.0. The van der Waals surface area contributed by atoms with Crippen LogP contribution >= 0.6 is 11.3 Å². The molecule has 41 heavy (non-hydrogen) atoms. The van der Waals surface area contributed by atoms with Crippen LogP contribution in [0.4, 0.5) is 0 Å². The summed E-state index contributed by atoms with van der Waals surface area (Å²) in [6.45, 7) is -0.388. The van der Waals surface area contributed by atoms with E-state index in [9.17, 15) is 18.3 Å². The summed E-state index contributed by atoms with van der Waals surface area (Å²) in [7, 11) is -2.37. The second-order valence-electron chi connectivity index (χ2n) is 10.2. The molecule has 2 aliphatic rings. The van der Waals surface area contributed by atoms with Crippen LogP contribution in [0, 0.1) is 0 Å². The molecule has 11 heteroatoms. The lowest BCUT2D eigenvalue weighted by atomic mass is 9.92. The van der Waals surface area contributed by atoms with Crippen LogP contribution in [-0.4, -0.2) is 69.5 Å². The molecule has 2 aromatic carbocycles. The number of hydrogen-bond donors (Lipinski definition) is 2. The first-order valence-corrected chi connectivity index (χ1v) is 16.2. The van der Waals surface area contributed by atoms with Gasteiger partial charge in [0.2, 0.25) is 16.3 Å². The van der Waals surface area contributed by atoms with E-state index in [1.807, 2.05) is 18.2 Å². The number of nitrogens with zero attached hydrogens (tertiary/aromatic N) is 1. The van der Waals surface area contributed by atoms with Gasteiger partial charge >= 0.3 is 0 Å². The molecule has 2 N–H and O–H groups in total. The molecule has 2 atom stereocenters. The molecular formula is C30H36N2O7S2. The summed E-state index contributed by atoms with van der Waals surface area (Å²) in [6, 6.07) is 14.4. The SMILES string of the molecule is COc1ccc(S(=O)(=O)N(CCO)CCO[C@@H]2C[C@H](c3csc4ccccc34)C=C(C(=O)NC3CCCC3)O2)cc1. The van der Waals surface area contributed by atoms with Crippen molar-refractivity contribution in [1.82, 2.24) is 9.62 Å². The lowest BCUT2D eigenvalue weighted by Gasteiger charge is -2.30. The number of carbonyl (C=O) groups is 1. The van der Waals surface area contributed by atoms with E-state index in [1.54, 1.807) is 23.5 Å². The number of allylic oxidation sites excluding steroid dienone is 1. The zero-order chi connectivity index (χ0) is 28.8. The van der Waals surface area contributed by atoms with Gasteiger partial charge in [-0.3, -0.25) is 4.79 Å². The first-order chi connectivity index (χ1) is 19.9. The summed E-state index contributed by atoms with van der Waals surface area (Å²) in [5, 5.41) is 15.9. The van der Waals surface area contributed by atoms with Gasteiger partial charge in [0, 0.05) is 36.2 Å². The molecule has 1 aromatic heterocycles. The second kappa shape index (κ2) is 13.3. The molecule has 0 radical (unpaired) electrons. The molecule has 0 saturated heterocycles. The summed E-state index contributed by atoms with van der Waals surface area (Å²) in [5.41, 5.74) is 1.11. The Morgan fingerprint density at radius 2 is 1.88 bits per heavy atom. The number of aliphatic hydroxyl groups is 1. The molecule has 2 heterocycles. The highest BCUT2D eigenvalue weighted by molar-refractivity contribution is 7.89. The highest BCUT2D eigenvalue weighted by atomic mass is 32.2.